The lowest BCUT2D eigenvalue weighted by atomic mass is 10.1. The van der Waals surface area contributed by atoms with Gasteiger partial charge in [0.2, 0.25) is 0 Å². The summed E-state index contributed by atoms with van der Waals surface area (Å²) in [6.45, 7) is 1.49. The van der Waals surface area contributed by atoms with Gasteiger partial charge < -0.3 is 19.4 Å². The number of furan rings is 1. The number of aromatic nitrogens is 2. The number of anilines is 1. The van der Waals surface area contributed by atoms with Gasteiger partial charge in [-0.1, -0.05) is 0 Å². The molecular formula is C22H23FN4O4. The summed E-state index contributed by atoms with van der Waals surface area (Å²) in [6, 6.07) is 8.77. The van der Waals surface area contributed by atoms with Crippen molar-refractivity contribution in [3.63, 3.8) is 0 Å². The third-order valence-corrected chi connectivity index (χ3v) is 5.11. The molecule has 0 radical (unpaired) electrons. The molecule has 0 atom stereocenters. The Labute approximate surface area is 178 Å². The first kappa shape index (κ1) is 20.6. The molecule has 1 N–H and O–H groups in total. The van der Waals surface area contributed by atoms with Gasteiger partial charge in [-0.2, -0.15) is 5.10 Å². The van der Waals surface area contributed by atoms with Crippen LogP contribution in [0.1, 0.15) is 46.1 Å². The summed E-state index contributed by atoms with van der Waals surface area (Å²) in [7, 11) is 1.67. The number of carbonyl (C=O) groups is 2. The van der Waals surface area contributed by atoms with Crippen LogP contribution in [0.5, 0.6) is 5.75 Å². The summed E-state index contributed by atoms with van der Waals surface area (Å²) in [5.41, 5.74) is 0.672. The first-order valence-electron chi connectivity index (χ1n) is 10.1. The molecule has 1 saturated heterocycles. The number of ether oxygens (including phenoxy) is 1. The average molecular weight is 426 g/mol. The van der Waals surface area contributed by atoms with E-state index in [9.17, 15) is 14.0 Å². The second kappa shape index (κ2) is 9.03. The zero-order valence-electron chi connectivity index (χ0n) is 17.1. The van der Waals surface area contributed by atoms with Gasteiger partial charge in [0, 0.05) is 20.1 Å². The highest BCUT2D eigenvalue weighted by Gasteiger charge is 2.25. The fourth-order valence-electron chi connectivity index (χ4n) is 3.48. The van der Waals surface area contributed by atoms with Crippen LogP contribution in [0.25, 0.3) is 0 Å². The molecule has 0 unspecified atom stereocenters. The molecule has 3 heterocycles. The van der Waals surface area contributed by atoms with Crippen LogP contribution >= 0.6 is 0 Å². The van der Waals surface area contributed by atoms with E-state index in [-0.39, 0.29) is 24.1 Å². The molecule has 1 aromatic carbocycles. The standard InChI is InChI=1S/C22H23FN4O4/c1-26-20(22(29)27-11-3-2-4-12-27)18(13-24-26)25-21(28)19-10-9-17(31-19)14-30-16-7-5-15(23)6-8-16/h5-10,13H,2-4,11-12,14H2,1H3,(H,25,28). The molecule has 0 aliphatic carbocycles. The van der Waals surface area contributed by atoms with Crippen LogP contribution in [0, 0.1) is 5.82 Å². The highest BCUT2D eigenvalue weighted by molar-refractivity contribution is 6.07. The number of amides is 2. The molecule has 1 aliphatic rings. The monoisotopic (exact) mass is 426 g/mol. The van der Waals surface area contributed by atoms with Crippen LogP contribution < -0.4 is 10.1 Å². The van der Waals surface area contributed by atoms with Crippen LogP contribution in [-0.2, 0) is 13.7 Å². The number of piperidine rings is 1. The molecule has 31 heavy (non-hydrogen) atoms. The molecule has 4 rings (SSSR count). The predicted octanol–water partition coefficient (Wildman–Crippen LogP) is 3.61. The van der Waals surface area contributed by atoms with Crippen molar-refractivity contribution in [3.05, 3.63) is 65.6 Å². The molecule has 1 aliphatic heterocycles. The van der Waals surface area contributed by atoms with E-state index in [0.717, 1.165) is 19.3 Å². The van der Waals surface area contributed by atoms with E-state index < -0.39 is 5.91 Å². The minimum absolute atomic E-state index is 0.0814. The largest absolute Gasteiger partial charge is 0.486 e. The van der Waals surface area contributed by atoms with Gasteiger partial charge in [0.05, 0.1) is 11.9 Å². The van der Waals surface area contributed by atoms with Gasteiger partial charge in [-0.25, -0.2) is 4.39 Å². The summed E-state index contributed by atoms with van der Waals surface area (Å²) in [4.78, 5) is 27.4. The summed E-state index contributed by atoms with van der Waals surface area (Å²) in [5, 5.41) is 6.85. The molecular weight excluding hydrogens is 403 g/mol. The Morgan fingerprint density at radius 2 is 1.87 bits per heavy atom. The molecule has 0 spiro atoms. The van der Waals surface area contributed by atoms with Crippen LogP contribution in [0.15, 0.2) is 47.0 Å². The average Bonchev–Trinajstić information content (AvgIpc) is 3.40. The van der Waals surface area contributed by atoms with Crippen molar-refractivity contribution in [2.45, 2.75) is 25.9 Å². The smallest absolute Gasteiger partial charge is 0.291 e. The topological polar surface area (TPSA) is 89.6 Å². The Hall–Kier alpha value is -3.62. The quantitative estimate of drug-likeness (QED) is 0.650. The number of aryl methyl sites for hydroxylation is 1. The number of rotatable bonds is 6. The Morgan fingerprint density at radius 1 is 1.13 bits per heavy atom. The zero-order chi connectivity index (χ0) is 21.8. The summed E-state index contributed by atoms with van der Waals surface area (Å²) < 4.78 is 25.5. The number of likely N-dealkylation sites (tertiary alicyclic amines) is 1. The minimum Gasteiger partial charge on any atom is -0.486 e. The fourth-order valence-corrected chi connectivity index (χ4v) is 3.48. The lowest BCUT2D eigenvalue weighted by Crippen LogP contribution is -2.37. The van der Waals surface area contributed by atoms with Crippen molar-refractivity contribution >= 4 is 17.5 Å². The van der Waals surface area contributed by atoms with Gasteiger partial charge in [0.25, 0.3) is 11.8 Å². The number of hydrogen-bond donors (Lipinski definition) is 1. The van der Waals surface area contributed by atoms with Gasteiger partial charge in [0.1, 0.15) is 29.6 Å². The third-order valence-electron chi connectivity index (χ3n) is 5.11. The number of carbonyl (C=O) groups excluding carboxylic acids is 2. The van der Waals surface area contributed by atoms with Crippen molar-refractivity contribution in [1.29, 1.82) is 0 Å². The summed E-state index contributed by atoms with van der Waals surface area (Å²) in [5.74, 6) is 0.0117. The first-order valence-corrected chi connectivity index (χ1v) is 10.1. The molecule has 0 bridgehead atoms. The van der Waals surface area contributed by atoms with Crippen LogP contribution in [-0.4, -0.2) is 39.6 Å². The Balaban J connectivity index is 1.41. The van der Waals surface area contributed by atoms with E-state index in [1.54, 1.807) is 18.0 Å². The van der Waals surface area contributed by atoms with Crippen LogP contribution in [0.4, 0.5) is 10.1 Å². The second-order valence-corrected chi connectivity index (χ2v) is 7.35. The lowest BCUT2D eigenvalue weighted by Gasteiger charge is -2.27. The molecule has 162 valence electrons. The maximum Gasteiger partial charge on any atom is 0.291 e. The number of nitrogens with zero attached hydrogens (tertiary/aromatic N) is 3. The van der Waals surface area contributed by atoms with Crippen molar-refractivity contribution in [2.75, 3.05) is 18.4 Å². The SMILES string of the molecule is Cn1ncc(NC(=O)c2ccc(COc3ccc(F)cc3)o2)c1C(=O)N1CCCCC1. The Morgan fingerprint density at radius 3 is 2.61 bits per heavy atom. The molecule has 8 nitrogen and oxygen atoms in total. The predicted molar refractivity (Wildman–Crippen MR) is 110 cm³/mol. The van der Waals surface area contributed by atoms with Gasteiger partial charge in [-0.05, 0) is 55.7 Å². The van der Waals surface area contributed by atoms with E-state index in [2.05, 4.69) is 10.4 Å². The van der Waals surface area contributed by atoms with Crippen molar-refractivity contribution in [3.8, 4) is 5.75 Å². The minimum atomic E-state index is -0.492. The number of nitrogens with one attached hydrogen (secondary N) is 1. The van der Waals surface area contributed by atoms with Crippen LogP contribution in [0.3, 0.4) is 0 Å². The van der Waals surface area contributed by atoms with Crippen molar-refractivity contribution in [2.24, 2.45) is 7.05 Å². The highest BCUT2D eigenvalue weighted by atomic mass is 19.1. The molecule has 2 amide bonds. The number of benzene rings is 1. The maximum atomic E-state index is 13.0. The van der Waals surface area contributed by atoms with E-state index >= 15 is 0 Å². The van der Waals surface area contributed by atoms with E-state index in [0.29, 0.717) is 36.0 Å². The Kier molecular flexibility index (Phi) is 6.01. The lowest BCUT2D eigenvalue weighted by molar-refractivity contribution is 0.0714. The van der Waals surface area contributed by atoms with E-state index in [4.69, 9.17) is 9.15 Å². The third kappa shape index (κ3) is 4.76. The molecule has 2 aromatic heterocycles. The van der Waals surface area contributed by atoms with Gasteiger partial charge in [-0.15, -0.1) is 0 Å². The molecule has 3 aromatic rings. The van der Waals surface area contributed by atoms with Gasteiger partial charge in [0.15, 0.2) is 5.76 Å². The molecule has 1 fully saturated rings. The maximum absolute atomic E-state index is 13.0. The van der Waals surface area contributed by atoms with Crippen LogP contribution in [0.2, 0.25) is 0 Å². The summed E-state index contributed by atoms with van der Waals surface area (Å²) in [6.07, 6.45) is 4.52. The van der Waals surface area contributed by atoms with E-state index in [1.807, 2.05) is 0 Å². The normalized spacial score (nSPS) is 13.8. The molecule has 9 heteroatoms. The fraction of sp³-hybridized carbons (Fsp3) is 0.318. The van der Waals surface area contributed by atoms with E-state index in [1.165, 1.54) is 41.2 Å². The van der Waals surface area contributed by atoms with Crippen molar-refractivity contribution < 1.29 is 23.1 Å². The zero-order valence-corrected chi connectivity index (χ0v) is 17.1. The number of hydrogen-bond acceptors (Lipinski definition) is 5. The number of halogens is 1. The van der Waals surface area contributed by atoms with Crippen molar-refractivity contribution in [1.82, 2.24) is 14.7 Å². The first-order chi connectivity index (χ1) is 15.0. The Bertz CT molecular complexity index is 1070. The second-order valence-electron chi connectivity index (χ2n) is 7.35. The van der Waals surface area contributed by atoms with Gasteiger partial charge in [-0.3, -0.25) is 14.3 Å². The summed E-state index contributed by atoms with van der Waals surface area (Å²) >= 11 is 0. The highest BCUT2D eigenvalue weighted by Crippen LogP contribution is 2.21. The van der Waals surface area contributed by atoms with Gasteiger partial charge >= 0.3 is 0 Å². The molecule has 0 saturated carbocycles.